The molecule has 0 radical (unpaired) electrons. The second-order valence-electron chi connectivity index (χ2n) is 7.03. The minimum Gasteiger partial charge on any atom is -0.451 e. The SMILES string of the molecule is CCN(CC)S(=O)(=O)N1CCN(C(=O)c2ccc(-c3cccc(C(F)(F)F)c3)o2)CC1. The largest absolute Gasteiger partial charge is 0.451 e. The lowest BCUT2D eigenvalue weighted by molar-refractivity contribution is -0.137. The topological polar surface area (TPSA) is 74.1 Å². The van der Waals surface area contributed by atoms with Crippen molar-refractivity contribution in [3.05, 3.63) is 47.7 Å². The van der Waals surface area contributed by atoms with Gasteiger partial charge >= 0.3 is 6.18 Å². The molecule has 1 aromatic heterocycles. The number of hydrogen-bond donors (Lipinski definition) is 0. The smallest absolute Gasteiger partial charge is 0.416 e. The van der Waals surface area contributed by atoms with Crippen molar-refractivity contribution in [1.82, 2.24) is 13.5 Å². The Bertz CT molecular complexity index is 1020. The van der Waals surface area contributed by atoms with E-state index in [4.69, 9.17) is 4.42 Å². The second kappa shape index (κ2) is 9.01. The van der Waals surface area contributed by atoms with Gasteiger partial charge in [-0.05, 0) is 24.3 Å². The van der Waals surface area contributed by atoms with Crippen LogP contribution < -0.4 is 0 Å². The first kappa shape index (κ1) is 23.3. The summed E-state index contributed by atoms with van der Waals surface area (Å²) in [4.78, 5) is 14.2. The van der Waals surface area contributed by atoms with E-state index in [-0.39, 0.29) is 43.3 Å². The molecule has 0 spiro atoms. The zero-order valence-corrected chi connectivity index (χ0v) is 18.0. The Morgan fingerprint density at radius 2 is 1.71 bits per heavy atom. The van der Waals surface area contributed by atoms with Gasteiger partial charge in [-0.15, -0.1) is 0 Å². The molecule has 3 rings (SSSR count). The number of hydrogen-bond acceptors (Lipinski definition) is 4. The van der Waals surface area contributed by atoms with E-state index >= 15 is 0 Å². The molecule has 0 atom stereocenters. The number of rotatable bonds is 6. The molecule has 0 N–H and O–H groups in total. The summed E-state index contributed by atoms with van der Waals surface area (Å²) in [6.45, 7) is 4.96. The van der Waals surface area contributed by atoms with Crippen molar-refractivity contribution in [2.75, 3.05) is 39.3 Å². The van der Waals surface area contributed by atoms with Crippen LogP contribution in [0.2, 0.25) is 0 Å². The van der Waals surface area contributed by atoms with Crippen molar-refractivity contribution in [2.24, 2.45) is 0 Å². The van der Waals surface area contributed by atoms with E-state index in [1.165, 1.54) is 37.8 Å². The fourth-order valence-electron chi connectivity index (χ4n) is 3.45. The fourth-order valence-corrected chi connectivity index (χ4v) is 5.05. The Hall–Kier alpha value is -2.37. The zero-order valence-electron chi connectivity index (χ0n) is 17.2. The number of halogens is 3. The number of amides is 1. The van der Waals surface area contributed by atoms with Gasteiger partial charge in [0.15, 0.2) is 5.76 Å². The van der Waals surface area contributed by atoms with Crippen LogP contribution in [0.3, 0.4) is 0 Å². The van der Waals surface area contributed by atoms with E-state index in [1.54, 1.807) is 13.8 Å². The highest BCUT2D eigenvalue weighted by molar-refractivity contribution is 7.86. The lowest BCUT2D eigenvalue weighted by Crippen LogP contribution is -2.54. The van der Waals surface area contributed by atoms with Gasteiger partial charge < -0.3 is 9.32 Å². The summed E-state index contributed by atoms with van der Waals surface area (Å²) in [5.41, 5.74) is -0.594. The summed E-state index contributed by atoms with van der Waals surface area (Å²) >= 11 is 0. The predicted molar refractivity (Wildman–Crippen MR) is 108 cm³/mol. The molecule has 1 aromatic carbocycles. The van der Waals surface area contributed by atoms with E-state index in [1.807, 2.05) is 0 Å². The Kier molecular flexibility index (Phi) is 6.77. The Labute approximate surface area is 179 Å². The van der Waals surface area contributed by atoms with Crippen LogP contribution in [0.4, 0.5) is 13.2 Å². The quantitative estimate of drug-likeness (QED) is 0.665. The van der Waals surface area contributed by atoms with Crippen molar-refractivity contribution in [3.8, 4) is 11.3 Å². The van der Waals surface area contributed by atoms with Gasteiger partial charge in [0.25, 0.3) is 16.1 Å². The predicted octanol–water partition coefficient (Wildman–Crippen LogP) is 3.31. The molecule has 170 valence electrons. The van der Waals surface area contributed by atoms with Crippen LogP contribution in [0.15, 0.2) is 40.8 Å². The first-order chi connectivity index (χ1) is 14.6. The molecule has 1 aliphatic heterocycles. The highest BCUT2D eigenvalue weighted by Gasteiger charge is 2.33. The number of piperazine rings is 1. The molecular formula is C20H24F3N3O4S. The molecule has 2 aromatic rings. The van der Waals surface area contributed by atoms with Crippen LogP contribution >= 0.6 is 0 Å². The van der Waals surface area contributed by atoms with E-state index in [9.17, 15) is 26.4 Å². The number of benzene rings is 1. The van der Waals surface area contributed by atoms with Crippen molar-refractivity contribution < 1.29 is 30.8 Å². The van der Waals surface area contributed by atoms with Crippen LogP contribution in [0.1, 0.15) is 30.0 Å². The van der Waals surface area contributed by atoms with Crippen LogP contribution in [-0.4, -0.2) is 67.1 Å². The van der Waals surface area contributed by atoms with Gasteiger partial charge in [-0.1, -0.05) is 26.0 Å². The van der Waals surface area contributed by atoms with Crippen molar-refractivity contribution in [3.63, 3.8) is 0 Å². The second-order valence-corrected chi connectivity index (χ2v) is 8.95. The molecule has 31 heavy (non-hydrogen) atoms. The first-order valence-corrected chi connectivity index (χ1v) is 11.3. The Morgan fingerprint density at radius 3 is 2.29 bits per heavy atom. The summed E-state index contributed by atoms with van der Waals surface area (Å²) in [6, 6.07) is 7.53. The number of alkyl halides is 3. The lowest BCUT2D eigenvalue weighted by atomic mass is 10.1. The highest BCUT2D eigenvalue weighted by Crippen LogP contribution is 2.32. The molecule has 1 aliphatic rings. The molecule has 0 unspecified atom stereocenters. The van der Waals surface area contributed by atoms with Gasteiger partial charge in [0.05, 0.1) is 5.56 Å². The third-order valence-electron chi connectivity index (χ3n) is 5.18. The summed E-state index contributed by atoms with van der Waals surface area (Å²) in [7, 11) is -3.57. The third-order valence-corrected chi connectivity index (χ3v) is 7.36. The van der Waals surface area contributed by atoms with E-state index in [2.05, 4.69) is 0 Å². The monoisotopic (exact) mass is 459 g/mol. The molecular weight excluding hydrogens is 435 g/mol. The van der Waals surface area contributed by atoms with Gasteiger partial charge in [0, 0.05) is 44.8 Å². The average Bonchev–Trinajstić information content (AvgIpc) is 3.24. The summed E-state index contributed by atoms with van der Waals surface area (Å²) in [5.74, 6) is -0.289. The zero-order chi connectivity index (χ0) is 22.8. The minimum absolute atomic E-state index is 0.00698. The maximum Gasteiger partial charge on any atom is 0.416 e. The van der Waals surface area contributed by atoms with Crippen LogP contribution in [0, 0.1) is 0 Å². The van der Waals surface area contributed by atoms with Gasteiger partial charge in [0.2, 0.25) is 0 Å². The minimum atomic E-state index is -4.48. The molecule has 7 nitrogen and oxygen atoms in total. The van der Waals surface area contributed by atoms with Crippen molar-refractivity contribution in [2.45, 2.75) is 20.0 Å². The lowest BCUT2D eigenvalue weighted by Gasteiger charge is -2.35. The van der Waals surface area contributed by atoms with Gasteiger partial charge in [-0.25, -0.2) is 0 Å². The molecule has 0 aliphatic carbocycles. The van der Waals surface area contributed by atoms with E-state index < -0.39 is 27.9 Å². The maximum atomic E-state index is 12.9. The summed E-state index contributed by atoms with van der Waals surface area (Å²) in [6.07, 6.45) is -4.48. The maximum absolute atomic E-state index is 12.9. The normalized spacial score (nSPS) is 16.1. The molecule has 1 saturated heterocycles. The van der Waals surface area contributed by atoms with Gasteiger partial charge in [0.1, 0.15) is 5.76 Å². The van der Waals surface area contributed by atoms with Crippen LogP contribution in [-0.2, 0) is 16.4 Å². The molecule has 0 bridgehead atoms. The number of carbonyl (C=O) groups is 1. The first-order valence-electron chi connectivity index (χ1n) is 9.90. The van der Waals surface area contributed by atoms with E-state index in [0.717, 1.165) is 12.1 Å². The molecule has 1 fully saturated rings. The Morgan fingerprint density at radius 1 is 1.06 bits per heavy atom. The molecule has 2 heterocycles. The van der Waals surface area contributed by atoms with Crippen LogP contribution in [0.25, 0.3) is 11.3 Å². The van der Waals surface area contributed by atoms with Crippen molar-refractivity contribution >= 4 is 16.1 Å². The summed E-state index contributed by atoms with van der Waals surface area (Å²) in [5, 5.41) is 0. The number of furan rings is 1. The number of nitrogens with zero attached hydrogens (tertiary/aromatic N) is 3. The average molecular weight is 459 g/mol. The fraction of sp³-hybridized carbons (Fsp3) is 0.450. The third kappa shape index (κ3) is 4.94. The van der Waals surface area contributed by atoms with Crippen molar-refractivity contribution in [1.29, 1.82) is 0 Å². The van der Waals surface area contributed by atoms with E-state index in [0.29, 0.717) is 13.1 Å². The molecule has 11 heteroatoms. The molecule has 1 amide bonds. The Balaban J connectivity index is 1.69. The number of carbonyl (C=O) groups excluding carboxylic acids is 1. The van der Waals surface area contributed by atoms with Crippen LogP contribution in [0.5, 0.6) is 0 Å². The standard InChI is InChI=1S/C20H24F3N3O4S/c1-3-25(4-2)31(28,29)26-12-10-24(11-13-26)19(27)18-9-8-17(30-18)15-6-5-7-16(14-15)20(21,22)23/h5-9,14H,3-4,10-13H2,1-2H3. The van der Waals surface area contributed by atoms with Gasteiger partial charge in [-0.3, -0.25) is 4.79 Å². The van der Waals surface area contributed by atoms with Gasteiger partial charge in [-0.2, -0.15) is 30.2 Å². The highest BCUT2D eigenvalue weighted by atomic mass is 32.2. The molecule has 0 saturated carbocycles. The summed E-state index contributed by atoms with van der Waals surface area (Å²) < 4.78 is 72.2.